The fourth-order valence-corrected chi connectivity index (χ4v) is 6.78. The van der Waals surface area contributed by atoms with Gasteiger partial charge in [0.25, 0.3) is 0 Å². The van der Waals surface area contributed by atoms with Gasteiger partial charge in [0.1, 0.15) is 11.7 Å². The van der Waals surface area contributed by atoms with Crippen LogP contribution in [0.1, 0.15) is 59.3 Å². The molecule has 7 atom stereocenters. The third-order valence-electron chi connectivity index (χ3n) is 8.42. The van der Waals surface area contributed by atoms with Crippen LogP contribution in [0, 0.1) is 29.6 Å². The molecule has 0 N–H and O–H groups in total. The second-order valence-corrected chi connectivity index (χ2v) is 9.98. The highest BCUT2D eigenvalue weighted by atomic mass is 16.7. The van der Waals surface area contributed by atoms with Crippen molar-refractivity contribution in [1.29, 1.82) is 0 Å². The number of nitrogens with zero attached hydrogens (tertiary/aromatic N) is 1. The Hall–Kier alpha value is -0.610. The van der Waals surface area contributed by atoms with Crippen LogP contribution in [0.15, 0.2) is 0 Å². The number of piperidine rings is 1. The minimum Gasteiger partial charge on any atom is -0.455 e. The molecule has 3 heterocycles. The molecule has 0 aromatic carbocycles. The normalized spacial score (nSPS) is 52.9. The van der Waals surface area contributed by atoms with Crippen LogP contribution >= 0.6 is 0 Å². The van der Waals surface area contributed by atoms with Gasteiger partial charge in [-0.1, -0.05) is 13.8 Å². The minimum atomic E-state index is -0.310. The Kier molecular flexibility index (Phi) is 3.61. The summed E-state index contributed by atoms with van der Waals surface area (Å²) in [5.74, 6) is 2.48. The third-order valence-corrected chi connectivity index (χ3v) is 8.42. The summed E-state index contributed by atoms with van der Waals surface area (Å²) in [5, 5.41) is 0. The maximum Gasteiger partial charge on any atom is 0.311 e. The Balaban J connectivity index is 1.41. The van der Waals surface area contributed by atoms with Gasteiger partial charge < -0.3 is 14.4 Å². The molecule has 3 saturated heterocycles. The lowest BCUT2D eigenvalue weighted by atomic mass is 9.55. The maximum absolute atomic E-state index is 13.0. The van der Waals surface area contributed by atoms with Gasteiger partial charge in [0, 0.05) is 18.4 Å². The van der Waals surface area contributed by atoms with Crippen molar-refractivity contribution < 1.29 is 14.3 Å². The number of ether oxygens (including phenoxy) is 2. The van der Waals surface area contributed by atoms with Crippen molar-refractivity contribution >= 4 is 5.97 Å². The zero-order valence-electron chi connectivity index (χ0n) is 16.0. The van der Waals surface area contributed by atoms with Crippen molar-refractivity contribution in [2.45, 2.75) is 76.6 Å². The zero-order valence-corrected chi connectivity index (χ0v) is 16.0. The average Bonchev–Trinajstić information content (AvgIpc) is 3.20. The van der Waals surface area contributed by atoms with E-state index in [1.807, 2.05) is 0 Å². The molecule has 4 heteroatoms. The lowest BCUT2D eigenvalue weighted by Gasteiger charge is -2.50. The molecule has 0 aromatic heterocycles. The lowest BCUT2D eigenvalue weighted by molar-refractivity contribution is -0.168. The van der Waals surface area contributed by atoms with Crippen molar-refractivity contribution in [3.8, 4) is 0 Å². The van der Waals surface area contributed by atoms with Gasteiger partial charge in [-0.2, -0.15) is 0 Å². The van der Waals surface area contributed by atoms with Gasteiger partial charge in [0.05, 0.1) is 11.5 Å². The lowest BCUT2D eigenvalue weighted by Crippen LogP contribution is -2.58. The summed E-state index contributed by atoms with van der Waals surface area (Å²) in [6.07, 6.45) is 7.35. The molecule has 0 amide bonds. The summed E-state index contributed by atoms with van der Waals surface area (Å²) in [7, 11) is 0. The predicted molar refractivity (Wildman–Crippen MR) is 95.0 cm³/mol. The number of esters is 1. The Labute approximate surface area is 151 Å². The summed E-state index contributed by atoms with van der Waals surface area (Å²) >= 11 is 0. The van der Waals surface area contributed by atoms with Gasteiger partial charge in [0.2, 0.25) is 0 Å². The van der Waals surface area contributed by atoms with Gasteiger partial charge >= 0.3 is 5.97 Å². The van der Waals surface area contributed by atoms with Crippen molar-refractivity contribution in [2.24, 2.45) is 29.6 Å². The molecule has 5 aliphatic rings. The van der Waals surface area contributed by atoms with Gasteiger partial charge in [-0.05, 0) is 70.4 Å². The highest BCUT2D eigenvalue weighted by Gasteiger charge is 2.77. The fraction of sp³-hybridized carbons (Fsp3) is 0.952. The monoisotopic (exact) mass is 347 g/mol. The molecule has 3 aliphatic heterocycles. The van der Waals surface area contributed by atoms with Crippen molar-refractivity contribution in [1.82, 2.24) is 4.90 Å². The van der Waals surface area contributed by atoms with E-state index < -0.39 is 0 Å². The Bertz CT molecular complexity index is 571. The largest absolute Gasteiger partial charge is 0.455 e. The molecular weight excluding hydrogens is 314 g/mol. The van der Waals surface area contributed by atoms with Gasteiger partial charge in [-0.15, -0.1) is 0 Å². The molecule has 25 heavy (non-hydrogen) atoms. The minimum absolute atomic E-state index is 0.0263. The van der Waals surface area contributed by atoms with Gasteiger partial charge in [0.15, 0.2) is 0 Å². The number of hydrogen-bond acceptors (Lipinski definition) is 4. The molecule has 5 rings (SSSR count). The predicted octanol–water partition coefficient (Wildman–Crippen LogP) is 3.24. The number of hydrogen-bond donors (Lipinski definition) is 0. The average molecular weight is 347 g/mol. The number of epoxide rings is 1. The molecule has 0 radical (unpaired) electrons. The first-order valence-corrected chi connectivity index (χ1v) is 10.6. The van der Waals surface area contributed by atoms with Gasteiger partial charge in [-0.25, -0.2) is 0 Å². The van der Waals surface area contributed by atoms with E-state index in [0.29, 0.717) is 17.8 Å². The molecule has 0 aromatic rings. The first-order valence-electron chi connectivity index (χ1n) is 10.6. The first kappa shape index (κ1) is 16.6. The van der Waals surface area contributed by atoms with E-state index in [4.69, 9.17) is 9.47 Å². The van der Waals surface area contributed by atoms with E-state index in [2.05, 4.69) is 25.7 Å². The van der Waals surface area contributed by atoms with Crippen LogP contribution in [0.3, 0.4) is 0 Å². The van der Waals surface area contributed by atoms with Crippen LogP contribution < -0.4 is 0 Å². The molecule has 140 valence electrons. The molecule has 5 fully saturated rings. The van der Waals surface area contributed by atoms with Crippen LogP contribution in [0.2, 0.25) is 0 Å². The number of fused-ring (bicyclic) bond motifs is 1. The first-order chi connectivity index (χ1) is 11.9. The summed E-state index contributed by atoms with van der Waals surface area (Å²) in [6, 6.07) is 0. The van der Waals surface area contributed by atoms with E-state index in [0.717, 1.165) is 44.8 Å². The molecular formula is C21H33NO3. The third kappa shape index (κ3) is 2.29. The second kappa shape index (κ2) is 5.45. The van der Waals surface area contributed by atoms with E-state index in [-0.39, 0.29) is 29.2 Å². The topological polar surface area (TPSA) is 42.1 Å². The van der Waals surface area contributed by atoms with E-state index in [1.165, 1.54) is 19.3 Å². The Morgan fingerprint density at radius 2 is 1.84 bits per heavy atom. The highest BCUT2D eigenvalue weighted by molar-refractivity contribution is 5.77. The zero-order chi connectivity index (χ0) is 17.4. The van der Waals surface area contributed by atoms with Gasteiger partial charge in [-0.3, -0.25) is 4.79 Å². The molecule has 1 spiro atoms. The van der Waals surface area contributed by atoms with Crippen molar-refractivity contribution in [3.05, 3.63) is 0 Å². The summed E-state index contributed by atoms with van der Waals surface area (Å²) in [6.45, 7) is 10.1. The number of carbonyl (C=O) groups is 1. The van der Waals surface area contributed by atoms with E-state index in [9.17, 15) is 4.79 Å². The highest BCUT2D eigenvalue weighted by Crippen LogP contribution is 2.66. The van der Waals surface area contributed by atoms with Crippen molar-refractivity contribution in [3.63, 3.8) is 0 Å². The molecule has 1 unspecified atom stereocenters. The maximum atomic E-state index is 13.0. The van der Waals surface area contributed by atoms with Crippen LogP contribution in [0.25, 0.3) is 0 Å². The fourth-order valence-electron chi connectivity index (χ4n) is 6.78. The summed E-state index contributed by atoms with van der Waals surface area (Å²) < 4.78 is 12.5. The Morgan fingerprint density at radius 1 is 1.08 bits per heavy atom. The quantitative estimate of drug-likeness (QED) is 0.568. The number of likely N-dealkylation sites (tertiary alicyclic amines) is 1. The Morgan fingerprint density at radius 3 is 2.60 bits per heavy atom. The van der Waals surface area contributed by atoms with Crippen molar-refractivity contribution in [2.75, 3.05) is 19.6 Å². The smallest absolute Gasteiger partial charge is 0.311 e. The van der Waals surface area contributed by atoms with Crippen LogP contribution in [0.5, 0.6) is 0 Å². The van der Waals surface area contributed by atoms with E-state index >= 15 is 0 Å². The number of rotatable bonds is 2. The number of carbonyl (C=O) groups excluding carboxylic acids is 1. The second-order valence-electron chi connectivity index (χ2n) is 9.98. The summed E-state index contributed by atoms with van der Waals surface area (Å²) in [5.41, 5.74) is -0.336. The van der Waals surface area contributed by atoms with E-state index in [1.54, 1.807) is 0 Å². The molecule has 0 bridgehead atoms. The summed E-state index contributed by atoms with van der Waals surface area (Å²) in [4.78, 5) is 15.5. The molecule has 2 saturated carbocycles. The SMILES string of the molecule is CC1CCN(CC2C(=O)O[C@@]34[C@H]2CC[C@@H](C)[C@@H]3CC[C@@]2(C)O[C@@H]42)CC1. The van der Waals surface area contributed by atoms with Crippen LogP contribution in [-0.2, 0) is 14.3 Å². The van der Waals surface area contributed by atoms with Crippen LogP contribution in [0.4, 0.5) is 0 Å². The standard InChI is InChI=1S/C21H33NO3/c1-13-7-10-22(11-8-13)12-15-17-5-4-14(2)16-6-9-20(3)19(25-20)21(16,17)24-18(15)23/h13-17,19H,4-12H2,1-3H3/t14-,15?,16+,17+,19-,20-,21-/m1/s1. The molecule has 4 nitrogen and oxygen atoms in total. The van der Waals surface area contributed by atoms with Crippen LogP contribution in [-0.4, -0.2) is 47.8 Å². The molecule has 2 aliphatic carbocycles.